The third kappa shape index (κ3) is 4.78. The summed E-state index contributed by atoms with van der Waals surface area (Å²) >= 11 is 0. The zero-order valence-electron chi connectivity index (χ0n) is 20.1. The van der Waals surface area contributed by atoms with Gasteiger partial charge in [0.1, 0.15) is 17.0 Å². The number of methoxy groups -OCH3 is 1. The van der Waals surface area contributed by atoms with E-state index in [1.165, 1.54) is 28.5 Å². The number of hydrogen-bond donors (Lipinski definition) is 2. The first-order valence-corrected chi connectivity index (χ1v) is 11.9. The molecule has 34 heavy (non-hydrogen) atoms. The van der Waals surface area contributed by atoms with Gasteiger partial charge in [0, 0.05) is 25.7 Å². The Hall–Kier alpha value is -3.36. The van der Waals surface area contributed by atoms with Crippen LogP contribution in [0.1, 0.15) is 72.0 Å². The average molecular weight is 468 g/mol. The van der Waals surface area contributed by atoms with Crippen LogP contribution in [0.5, 0.6) is 5.75 Å². The monoisotopic (exact) mass is 467 g/mol. The van der Waals surface area contributed by atoms with Crippen LogP contribution in [0.2, 0.25) is 0 Å². The highest BCUT2D eigenvalue weighted by Crippen LogP contribution is 2.27. The minimum absolute atomic E-state index is 0.133. The van der Waals surface area contributed by atoms with Gasteiger partial charge in [0.2, 0.25) is 5.91 Å². The van der Waals surface area contributed by atoms with Gasteiger partial charge in [-0.3, -0.25) is 19.1 Å². The van der Waals surface area contributed by atoms with Crippen molar-refractivity contribution in [2.75, 3.05) is 14.2 Å². The topological polar surface area (TPSA) is 106 Å². The summed E-state index contributed by atoms with van der Waals surface area (Å²) in [5.74, 6) is -0.142. The minimum atomic E-state index is -1.08. The minimum Gasteiger partial charge on any atom is -0.497 e. The highest BCUT2D eigenvalue weighted by molar-refractivity contribution is 6.01. The van der Waals surface area contributed by atoms with Crippen molar-refractivity contribution in [1.82, 2.24) is 25.3 Å². The van der Waals surface area contributed by atoms with Crippen LogP contribution in [0.3, 0.4) is 0 Å². The van der Waals surface area contributed by atoms with Crippen LogP contribution in [-0.4, -0.2) is 58.1 Å². The number of fused-ring (bicyclic) bond motifs is 1. The van der Waals surface area contributed by atoms with Crippen LogP contribution in [0.15, 0.2) is 30.3 Å². The second-order valence-corrected chi connectivity index (χ2v) is 9.40. The molecule has 1 aliphatic heterocycles. The Morgan fingerprint density at radius 1 is 1.15 bits per heavy atom. The molecule has 1 atom stereocenters. The lowest BCUT2D eigenvalue weighted by molar-refractivity contribution is -0.133. The van der Waals surface area contributed by atoms with E-state index in [0.717, 1.165) is 37.0 Å². The molecule has 0 bridgehead atoms. The fraction of sp³-hybridized carbons (Fsp3) is 0.520. The Kier molecular flexibility index (Phi) is 6.90. The number of carbonyl (C=O) groups excluding carboxylic acids is 3. The standard InChI is InChI=1S/C25H33N5O4/c1-25(24(33)27-18-8-6-4-5-7-9-18)16-30-21(23(32)29(25)2)14-20(28-30)22(31)26-15-17-10-12-19(34-3)13-11-17/h10-14,18H,4-9,15-16H2,1-3H3,(H,26,31)(H,27,33)/t25-/m0/s1. The number of aromatic nitrogens is 2. The molecule has 182 valence electrons. The van der Waals surface area contributed by atoms with Gasteiger partial charge in [0.25, 0.3) is 11.8 Å². The maximum atomic E-state index is 13.3. The maximum Gasteiger partial charge on any atom is 0.272 e. The van der Waals surface area contributed by atoms with Crippen molar-refractivity contribution < 1.29 is 19.1 Å². The lowest BCUT2D eigenvalue weighted by Gasteiger charge is -2.41. The van der Waals surface area contributed by atoms with Crippen LogP contribution in [0, 0.1) is 0 Å². The van der Waals surface area contributed by atoms with E-state index in [4.69, 9.17) is 4.74 Å². The number of carbonyl (C=O) groups is 3. The lowest BCUT2D eigenvalue weighted by atomic mass is 9.95. The SMILES string of the molecule is COc1ccc(CNC(=O)c2cc3n(n2)C[C@@](C)(C(=O)NC2CCCCCC2)N(C)C3=O)cc1. The molecule has 2 heterocycles. The highest BCUT2D eigenvalue weighted by atomic mass is 16.5. The number of hydrogen-bond acceptors (Lipinski definition) is 5. The van der Waals surface area contributed by atoms with E-state index in [-0.39, 0.29) is 36.0 Å². The number of likely N-dealkylation sites (N-methyl/N-ethyl adjacent to an activating group) is 1. The van der Waals surface area contributed by atoms with E-state index in [2.05, 4.69) is 15.7 Å². The largest absolute Gasteiger partial charge is 0.497 e. The van der Waals surface area contributed by atoms with Crippen LogP contribution >= 0.6 is 0 Å². The van der Waals surface area contributed by atoms with Gasteiger partial charge in [-0.25, -0.2) is 0 Å². The molecular weight excluding hydrogens is 434 g/mol. The van der Waals surface area contributed by atoms with Crippen LogP contribution in [0.25, 0.3) is 0 Å². The maximum absolute atomic E-state index is 13.3. The van der Waals surface area contributed by atoms with Gasteiger partial charge < -0.3 is 20.3 Å². The number of benzene rings is 1. The third-order valence-electron chi connectivity index (χ3n) is 7.03. The Balaban J connectivity index is 1.45. The summed E-state index contributed by atoms with van der Waals surface area (Å²) in [5.41, 5.74) is 0.284. The zero-order chi connectivity index (χ0) is 24.3. The number of nitrogens with zero attached hydrogens (tertiary/aromatic N) is 3. The third-order valence-corrected chi connectivity index (χ3v) is 7.03. The quantitative estimate of drug-likeness (QED) is 0.635. The molecule has 3 amide bonds. The molecule has 0 saturated heterocycles. The van der Waals surface area contributed by atoms with E-state index in [9.17, 15) is 14.4 Å². The molecule has 4 rings (SSSR count). The first-order valence-electron chi connectivity index (χ1n) is 11.9. The second-order valence-electron chi connectivity index (χ2n) is 9.40. The Labute approximate surface area is 199 Å². The summed E-state index contributed by atoms with van der Waals surface area (Å²) in [5, 5.41) is 10.4. The fourth-order valence-corrected chi connectivity index (χ4v) is 4.62. The van der Waals surface area contributed by atoms with Gasteiger partial charge in [0.05, 0.1) is 13.7 Å². The molecule has 1 aliphatic carbocycles. The molecule has 1 saturated carbocycles. The normalized spacial score (nSPS) is 20.9. The van der Waals surface area contributed by atoms with Crippen molar-refractivity contribution in [2.45, 2.75) is 70.1 Å². The molecule has 0 radical (unpaired) electrons. The number of amides is 3. The molecule has 2 aliphatic rings. The molecule has 1 aromatic carbocycles. The van der Waals surface area contributed by atoms with Crippen molar-refractivity contribution in [1.29, 1.82) is 0 Å². The second kappa shape index (κ2) is 9.87. The molecule has 0 unspecified atom stereocenters. The van der Waals surface area contributed by atoms with Crippen molar-refractivity contribution in [3.05, 3.63) is 47.3 Å². The average Bonchev–Trinajstić information content (AvgIpc) is 3.09. The van der Waals surface area contributed by atoms with Crippen LogP contribution < -0.4 is 15.4 Å². The molecule has 9 nitrogen and oxygen atoms in total. The summed E-state index contributed by atoms with van der Waals surface area (Å²) in [6.45, 7) is 2.26. The van der Waals surface area contributed by atoms with Gasteiger partial charge in [0.15, 0.2) is 5.69 Å². The van der Waals surface area contributed by atoms with Gasteiger partial charge in [-0.15, -0.1) is 0 Å². The first-order chi connectivity index (χ1) is 16.3. The van der Waals surface area contributed by atoms with Crippen LogP contribution in [0.4, 0.5) is 0 Å². The first kappa shape index (κ1) is 23.8. The van der Waals surface area contributed by atoms with Crippen molar-refractivity contribution in [3.63, 3.8) is 0 Å². The number of ether oxygens (including phenoxy) is 1. The zero-order valence-corrected chi connectivity index (χ0v) is 20.1. The van der Waals surface area contributed by atoms with Gasteiger partial charge in [-0.2, -0.15) is 5.10 Å². The Morgan fingerprint density at radius 3 is 2.47 bits per heavy atom. The van der Waals surface area contributed by atoms with E-state index >= 15 is 0 Å². The van der Waals surface area contributed by atoms with Gasteiger partial charge in [-0.1, -0.05) is 37.8 Å². The highest BCUT2D eigenvalue weighted by Gasteiger charge is 2.46. The molecule has 2 N–H and O–H groups in total. The summed E-state index contributed by atoms with van der Waals surface area (Å²) in [7, 11) is 3.23. The summed E-state index contributed by atoms with van der Waals surface area (Å²) in [6, 6.07) is 9.01. The Morgan fingerprint density at radius 2 is 1.82 bits per heavy atom. The smallest absolute Gasteiger partial charge is 0.272 e. The summed E-state index contributed by atoms with van der Waals surface area (Å²) < 4.78 is 6.63. The molecule has 2 aromatic rings. The predicted octanol–water partition coefficient (Wildman–Crippen LogP) is 2.50. The van der Waals surface area contributed by atoms with E-state index in [0.29, 0.717) is 12.2 Å². The van der Waals surface area contributed by atoms with Crippen molar-refractivity contribution in [3.8, 4) is 5.75 Å². The Bertz CT molecular complexity index is 1060. The molecule has 0 spiro atoms. The van der Waals surface area contributed by atoms with Crippen molar-refractivity contribution >= 4 is 17.7 Å². The predicted molar refractivity (Wildman–Crippen MR) is 127 cm³/mol. The van der Waals surface area contributed by atoms with E-state index in [1.807, 2.05) is 24.3 Å². The van der Waals surface area contributed by atoms with Crippen molar-refractivity contribution in [2.24, 2.45) is 0 Å². The fourth-order valence-electron chi connectivity index (χ4n) is 4.62. The molecule has 9 heteroatoms. The summed E-state index contributed by atoms with van der Waals surface area (Å²) in [4.78, 5) is 40.6. The molecule has 1 aromatic heterocycles. The van der Waals surface area contributed by atoms with E-state index in [1.54, 1.807) is 21.1 Å². The van der Waals surface area contributed by atoms with Gasteiger partial charge >= 0.3 is 0 Å². The number of nitrogens with one attached hydrogen (secondary N) is 2. The van der Waals surface area contributed by atoms with Crippen LogP contribution in [-0.2, 0) is 17.9 Å². The summed E-state index contributed by atoms with van der Waals surface area (Å²) in [6.07, 6.45) is 6.53. The lowest BCUT2D eigenvalue weighted by Crippen LogP contribution is -2.63. The van der Waals surface area contributed by atoms with Gasteiger partial charge in [-0.05, 0) is 37.5 Å². The molecule has 1 fully saturated rings. The molecular formula is C25H33N5O4. The number of rotatable bonds is 6. The van der Waals surface area contributed by atoms with E-state index < -0.39 is 5.54 Å².